The van der Waals surface area contributed by atoms with Crippen LogP contribution in [0.15, 0.2) is 36.5 Å². The Labute approximate surface area is 119 Å². The molecule has 0 aliphatic heterocycles. The van der Waals surface area contributed by atoms with Crippen LogP contribution in [0.1, 0.15) is 19.4 Å². The van der Waals surface area contributed by atoms with E-state index in [0.717, 1.165) is 23.9 Å². The van der Waals surface area contributed by atoms with Gasteiger partial charge in [0, 0.05) is 11.6 Å². The summed E-state index contributed by atoms with van der Waals surface area (Å²) in [5.74, 6) is -0.212. The van der Waals surface area contributed by atoms with Crippen molar-refractivity contribution in [2.75, 3.05) is 13.1 Å². The van der Waals surface area contributed by atoms with Crippen molar-refractivity contribution < 1.29 is 9.53 Å². The summed E-state index contributed by atoms with van der Waals surface area (Å²) in [6.07, 6.45) is 2.58. The Hall–Kier alpha value is -1.94. The van der Waals surface area contributed by atoms with Gasteiger partial charge >= 0.3 is 5.97 Å². The number of hydrogen-bond acceptors (Lipinski definition) is 4. The van der Waals surface area contributed by atoms with Crippen molar-refractivity contribution >= 4 is 16.9 Å². The first-order valence-corrected chi connectivity index (χ1v) is 6.89. The Morgan fingerprint density at radius 2 is 2.10 bits per heavy atom. The molecule has 0 radical (unpaired) electrons. The maximum Gasteiger partial charge on any atom is 0.320 e. The number of carbonyl (C=O) groups excluding carboxylic acids is 1. The molecule has 20 heavy (non-hydrogen) atoms. The standard InChI is InChI=1S/C16H20N2O2/c1-12(2)20-15(19)11-17-10-8-14-6-3-5-13-7-4-9-18-16(13)14/h3-7,9,12,17H,8,10-11H2,1-2H3. The predicted molar refractivity (Wildman–Crippen MR) is 79.5 cm³/mol. The average Bonchev–Trinajstić information content (AvgIpc) is 2.43. The lowest BCUT2D eigenvalue weighted by atomic mass is 10.1. The van der Waals surface area contributed by atoms with Crippen LogP contribution < -0.4 is 5.32 Å². The molecule has 1 heterocycles. The van der Waals surface area contributed by atoms with E-state index in [4.69, 9.17) is 4.74 Å². The largest absolute Gasteiger partial charge is 0.462 e. The van der Waals surface area contributed by atoms with Crippen molar-refractivity contribution in [3.8, 4) is 0 Å². The summed E-state index contributed by atoms with van der Waals surface area (Å²) in [5.41, 5.74) is 2.22. The molecule has 0 saturated heterocycles. The van der Waals surface area contributed by atoms with Crippen LogP contribution in [-0.2, 0) is 16.0 Å². The van der Waals surface area contributed by atoms with Gasteiger partial charge in [0.2, 0.25) is 0 Å². The van der Waals surface area contributed by atoms with E-state index in [1.807, 2.05) is 26.0 Å². The zero-order valence-corrected chi connectivity index (χ0v) is 11.9. The fourth-order valence-corrected chi connectivity index (χ4v) is 2.09. The molecule has 0 aliphatic rings. The molecule has 0 amide bonds. The molecule has 0 spiro atoms. The summed E-state index contributed by atoms with van der Waals surface area (Å²) in [6.45, 7) is 4.67. The molecule has 4 nitrogen and oxygen atoms in total. The van der Waals surface area contributed by atoms with E-state index >= 15 is 0 Å². The molecular weight excluding hydrogens is 252 g/mol. The van der Waals surface area contributed by atoms with Crippen molar-refractivity contribution in [2.24, 2.45) is 0 Å². The van der Waals surface area contributed by atoms with E-state index in [9.17, 15) is 4.79 Å². The lowest BCUT2D eigenvalue weighted by Gasteiger charge is -2.09. The predicted octanol–water partition coefficient (Wildman–Crippen LogP) is 2.32. The molecule has 0 fully saturated rings. The number of carbonyl (C=O) groups is 1. The van der Waals surface area contributed by atoms with Crippen LogP contribution in [0, 0.1) is 0 Å². The van der Waals surface area contributed by atoms with Gasteiger partial charge in [-0.15, -0.1) is 0 Å². The third-order valence-corrected chi connectivity index (χ3v) is 2.92. The second kappa shape index (κ2) is 7.01. The number of hydrogen-bond donors (Lipinski definition) is 1. The van der Waals surface area contributed by atoms with Gasteiger partial charge in [-0.05, 0) is 38.4 Å². The van der Waals surface area contributed by atoms with Gasteiger partial charge < -0.3 is 10.1 Å². The first-order valence-electron chi connectivity index (χ1n) is 6.89. The quantitative estimate of drug-likeness (QED) is 0.647. The summed E-state index contributed by atoms with van der Waals surface area (Å²) in [4.78, 5) is 15.8. The summed E-state index contributed by atoms with van der Waals surface area (Å²) in [6, 6.07) is 10.2. The maximum atomic E-state index is 11.4. The van der Waals surface area contributed by atoms with Crippen molar-refractivity contribution in [2.45, 2.75) is 26.4 Å². The normalized spacial score (nSPS) is 10.9. The van der Waals surface area contributed by atoms with E-state index in [0.29, 0.717) is 0 Å². The van der Waals surface area contributed by atoms with E-state index in [2.05, 4.69) is 28.5 Å². The summed E-state index contributed by atoms with van der Waals surface area (Å²) in [7, 11) is 0. The van der Waals surface area contributed by atoms with Gasteiger partial charge in [-0.25, -0.2) is 0 Å². The van der Waals surface area contributed by atoms with Gasteiger partial charge in [0.1, 0.15) is 0 Å². The lowest BCUT2D eigenvalue weighted by Crippen LogP contribution is -2.28. The van der Waals surface area contributed by atoms with E-state index < -0.39 is 0 Å². The number of rotatable bonds is 6. The summed E-state index contributed by atoms with van der Waals surface area (Å²) < 4.78 is 5.06. The highest BCUT2D eigenvalue weighted by atomic mass is 16.5. The minimum absolute atomic E-state index is 0.0634. The van der Waals surface area contributed by atoms with Crippen molar-refractivity contribution in [3.63, 3.8) is 0 Å². The Bertz CT molecular complexity index is 576. The topological polar surface area (TPSA) is 51.2 Å². The lowest BCUT2D eigenvalue weighted by molar-refractivity contribution is -0.146. The molecule has 0 saturated carbocycles. The Morgan fingerprint density at radius 1 is 1.30 bits per heavy atom. The molecule has 4 heteroatoms. The molecule has 1 N–H and O–H groups in total. The van der Waals surface area contributed by atoms with Gasteiger partial charge in [-0.2, -0.15) is 0 Å². The molecule has 0 unspecified atom stereocenters. The first-order chi connectivity index (χ1) is 9.66. The molecule has 0 bridgehead atoms. The summed E-state index contributed by atoms with van der Waals surface area (Å²) in [5, 5.41) is 4.24. The second-order valence-corrected chi connectivity index (χ2v) is 4.96. The number of esters is 1. The van der Waals surface area contributed by atoms with Crippen molar-refractivity contribution in [1.29, 1.82) is 0 Å². The van der Waals surface area contributed by atoms with Crippen LogP contribution in [-0.4, -0.2) is 30.1 Å². The van der Waals surface area contributed by atoms with Crippen LogP contribution in [0.4, 0.5) is 0 Å². The van der Waals surface area contributed by atoms with E-state index in [-0.39, 0.29) is 18.6 Å². The second-order valence-electron chi connectivity index (χ2n) is 4.96. The SMILES string of the molecule is CC(C)OC(=O)CNCCc1cccc2cccnc12. The minimum atomic E-state index is -0.212. The third kappa shape index (κ3) is 4.03. The Kier molecular flexibility index (Phi) is 5.07. The van der Waals surface area contributed by atoms with Crippen LogP contribution in [0.25, 0.3) is 10.9 Å². The van der Waals surface area contributed by atoms with Gasteiger partial charge in [-0.3, -0.25) is 9.78 Å². The van der Waals surface area contributed by atoms with Crippen LogP contribution in [0.2, 0.25) is 0 Å². The van der Waals surface area contributed by atoms with Gasteiger partial charge in [-0.1, -0.05) is 24.3 Å². The first kappa shape index (κ1) is 14.5. The molecule has 1 aromatic heterocycles. The zero-order chi connectivity index (χ0) is 14.4. The summed E-state index contributed by atoms with van der Waals surface area (Å²) >= 11 is 0. The average molecular weight is 272 g/mol. The number of para-hydroxylation sites is 1. The molecule has 2 rings (SSSR count). The van der Waals surface area contributed by atoms with E-state index in [1.54, 1.807) is 6.20 Å². The number of ether oxygens (including phenoxy) is 1. The number of pyridine rings is 1. The zero-order valence-electron chi connectivity index (χ0n) is 11.9. The molecule has 0 atom stereocenters. The molecule has 0 aliphatic carbocycles. The molecule has 106 valence electrons. The monoisotopic (exact) mass is 272 g/mol. The fourth-order valence-electron chi connectivity index (χ4n) is 2.09. The molecule has 2 aromatic rings. The maximum absolute atomic E-state index is 11.4. The highest BCUT2D eigenvalue weighted by Crippen LogP contribution is 2.15. The number of nitrogens with one attached hydrogen (secondary N) is 1. The highest BCUT2D eigenvalue weighted by molar-refractivity contribution is 5.81. The van der Waals surface area contributed by atoms with Gasteiger partial charge in [0.25, 0.3) is 0 Å². The third-order valence-electron chi connectivity index (χ3n) is 2.92. The van der Waals surface area contributed by atoms with Crippen LogP contribution in [0.5, 0.6) is 0 Å². The highest BCUT2D eigenvalue weighted by Gasteiger charge is 2.05. The number of fused-ring (bicyclic) bond motifs is 1. The number of nitrogens with zero attached hydrogens (tertiary/aromatic N) is 1. The van der Waals surface area contributed by atoms with Crippen LogP contribution >= 0.6 is 0 Å². The van der Waals surface area contributed by atoms with Crippen molar-refractivity contribution in [3.05, 3.63) is 42.1 Å². The molecule has 1 aromatic carbocycles. The minimum Gasteiger partial charge on any atom is -0.462 e. The van der Waals surface area contributed by atoms with Crippen LogP contribution in [0.3, 0.4) is 0 Å². The van der Waals surface area contributed by atoms with Crippen molar-refractivity contribution in [1.82, 2.24) is 10.3 Å². The number of benzene rings is 1. The smallest absolute Gasteiger partial charge is 0.320 e. The molecular formula is C16H20N2O2. The van der Waals surface area contributed by atoms with Gasteiger partial charge in [0.05, 0.1) is 18.2 Å². The van der Waals surface area contributed by atoms with Gasteiger partial charge in [0.15, 0.2) is 0 Å². The fraction of sp³-hybridized carbons (Fsp3) is 0.375. The number of aromatic nitrogens is 1. The Balaban J connectivity index is 1.86. The van der Waals surface area contributed by atoms with E-state index in [1.165, 1.54) is 5.56 Å². The Morgan fingerprint density at radius 3 is 2.90 bits per heavy atom.